The third-order valence-electron chi connectivity index (χ3n) is 2.40. The Bertz CT molecular complexity index is 516. The van der Waals surface area contributed by atoms with Crippen LogP contribution in [0.25, 0.3) is 0 Å². The first-order valence-corrected chi connectivity index (χ1v) is 7.69. The number of amides is 1. The second-order valence-electron chi connectivity index (χ2n) is 3.72. The fourth-order valence-corrected chi connectivity index (χ4v) is 4.32. The maximum atomic E-state index is 11.9. The minimum Gasteiger partial charge on any atom is -0.355 e. The van der Waals surface area contributed by atoms with Gasteiger partial charge in [-0.05, 0) is 18.6 Å². The Hall–Kier alpha value is -0.630. The van der Waals surface area contributed by atoms with Gasteiger partial charge in [0, 0.05) is 19.0 Å². The molecule has 1 amide bonds. The van der Waals surface area contributed by atoms with E-state index in [4.69, 9.17) is 11.6 Å². The van der Waals surface area contributed by atoms with E-state index in [0.29, 0.717) is 23.7 Å². The lowest BCUT2D eigenvalue weighted by atomic mass is 10.1. The van der Waals surface area contributed by atoms with Crippen LogP contribution in [0.4, 0.5) is 0 Å². The van der Waals surface area contributed by atoms with Crippen LogP contribution in [0.3, 0.4) is 0 Å². The molecule has 94 valence electrons. The fourth-order valence-electron chi connectivity index (χ4n) is 1.55. The highest BCUT2D eigenvalue weighted by atomic mass is 35.5. The van der Waals surface area contributed by atoms with Crippen molar-refractivity contribution in [2.45, 2.75) is 23.1 Å². The van der Waals surface area contributed by atoms with Crippen molar-refractivity contribution in [1.82, 2.24) is 10.0 Å². The summed E-state index contributed by atoms with van der Waals surface area (Å²) in [6.45, 7) is 0.331. The average molecular weight is 295 g/mol. The minimum atomic E-state index is -3.52. The van der Waals surface area contributed by atoms with Crippen molar-refractivity contribution in [2.75, 3.05) is 6.54 Å². The molecule has 2 heterocycles. The summed E-state index contributed by atoms with van der Waals surface area (Å²) in [5, 5.41) is 2.62. The second-order valence-corrected chi connectivity index (χ2v) is 7.38. The number of rotatable bonds is 3. The molecule has 1 aliphatic heterocycles. The van der Waals surface area contributed by atoms with Crippen molar-refractivity contribution in [3.63, 3.8) is 0 Å². The quantitative estimate of drug-likeness (QED) is 0.872. The average Bonchev–Trinajstić information content (AvgIpc) is 2.69. The van der Waals surface area contributed by atoms with Gasteiger partial charge in [0.05, 0.1) is 4.34 Å². The van der Waals surface area contributed by atoms with Gasteiger partial charge in [-0.25, -0.2) is 13.1 Å². The van der Waals surface area contributed by atoms with Gasteiger partial charge in [-0.3, -0.25) is 4.79 Å². The summed E-state index contributed by atoms with van der Waals surface area (Å²) in [7, 11) is -3.52. The third kappa shape index (κ3) is 3.19. The van der Waals surface area contributed by atoms with E-state index in [0.717, 1.165) is 11.3 Å². The number of hydrogen-bond acceptors (Lipinski definition) is 4. The standard InChI is InChI=1S/C9H11ClN2O3S2/c10-7-2-4-9(16-7)17(14,15)12-6-1-3-8(13)11-5-6/h2,4,6,12H,1,3,5H2,(H,11,13). The summed E-state index contributed by atoms with van der Waals surface area (Å²) >= 11 is 6.71. The van der Waals surface area contributed by atoms with Gasteiger partial charge < -0.3 is 5.32 Å². The summed E-state index contributed by atoms with van der Waals surface area (Å²) in [5.41, 5.74) is 0. The Labute approximate surface area is 108 Å². The number of carbonyl (C=O) groups excluding carboxylic acids is 1. The summed E-state index contributed by atoms with van der Waals surface area (Å²) in [6, 6.07) is 2.76. The first-order valence-electron chi connectivity index (χ1n) is 5.02. The van der Waals surface area contributed by atoms with Gasteiger partial charge in [-0.15, -0.1) is 11.3 Å². The molecule has 5 nitrogen and oxygen atoms in total. The Balaban J connectivity index is 2.05. The molecular weight excluding hydrogens is 284 g/mol. The number of hydrogen-bond donors (Lipinski definition) is 2. The van der Waals surface area contributed by atoms with E-state index in [-0.39, 0.29) is 16.2 Å². The van der Waals surface area contributed by atoms with Crippen molar-refractivity contribution in [1.29, 1.82) is 0 Å². The molecule has 0 bridgehead atoms. The number of thiophene rings is 1. The fraction of sp³-hybridized carbons (Fsp3) is 0.444. The maximum absolute atomic E-state index is 11.9. The van der Waals surface area contributed by atoms with E-state index in [1.807, 2.05) is 0 Å². The molecule has 0 aromatic carbocycles. The number of carbonyl (C=O) groups is 1. The summed E-state index contributed by atoms with van der Waals surface area (Å²) in [4.78, 5) is 10.9. The van der Waals surface area contributed by atoms with Crippen molar-refractivity contribution in [2.24, 2.45) is 0 Å². The molecule has 1 unspecified atom stereocenters. The molecule has 2 N–H and O–H groups in total. The Morgan fingerprint density at radius 2 is 2.24 bits per heavy atom. The van der Waals surface area contributed by atoms with Crippen LogP contribution in [0.1, 0.15) is 12.8 Å². The number of halogens is 1. The Morgan fingerprint density at radius 1 is 1.47 bits per heavy atom. The molecule has 17 heavy (non-hydrogen) atoms. The highest BCUT2D eigenvalue weighted by Gasteiger charge is 2.25. The van der Waals surface area contributed by atoms with E-state index in [2.05, 4.69) is 10.0 Å². The van der Waals surface area contributed by atoms with Crippen LogP contribution in [0.5, 0.6) is 0 Å². The van der Waals surface area contributed by atoms with Crippen LogP contribution in [0.2, 0.25) is 4.34 Å². The third-order valence-corrected chi connectivity index (χ3v) is 5.64. The van der Waals surface area contributed by atoms with Gasteiger partial charge in [0.2, 0.25) is 15.9 Å². The van der Waals surface area contributed by atoms with Gasteiger partial charge in [-0.1, -0.05) is 11.6 Å². The molecule has 1 saturated heterocycles. The lowest BCUT2D eigenvalue weighted by Crippen LogP contribution is -2.47. The summed E-state index contributed by atoms with van der Waals surface area (Å²) in [5.74, 6) is -0.0420. The lowest BCUT2D eigenvalue weighted by molar-refractivity contribution is -0.122. The lowest BCUT2D eigenvalue weighted by Gasteiger charge is -2.22. The number of sulfonamides is 1. The monoisotopic (exact) mass is 294 g/mol. The molecule has 1 aromatic heterocycles. The van der Waals surface area contributed by atoms with E-state index in [1.54, 1.807) is 6.07 Å². The first-order chi connectivity index (χ1) is 7.97. The molecule has 1 fully saturated rings. The first kappa shape index (κ1) is 12.8. The minimum absolute atomic E-state index is 0.0420. The highest BCUT2D eigenvalue weighted by Crippen LogP contribution is 2.25. The molecule has 1 aliphatic rings. The van der Waals surface area contributed by atoms with Crippen LogP contribution in [-0.2, 0) is 14.8 Å². The Kier molecular flexibility index (Phi) is 3.72. The van der Waals surface area contributed by atoms with Crippen molar-refractivity contribution >= 4 is 38.9 Å². The van der Waals surface area contributed by atoms with Gasteiger partial charge in [-0.2, -0.15) is 0 Å². The van der Waals surface area contributed by atoms with Crippen LogP contribution in [0, 0.1) is 0 Å². The van der Waals surface area contributed by atoms with Crippen molar-refractivity contribution in [3.05, 3.63) is 16.5 Å². The summed E-state index contributed by atoms with van der Waals surface area (Å²) < 4.78 is 27.0. The molecule has 0 saturated carbocycles. The molecule has 0 radical (unpaired) electrons. The van der Waals surface area contributed by atoms with Crippen LogP contribution < -0.4 is 10.0 Å². The number of nitrogens with one attached hydrogen (secondary N) is 2. The highest BCUT2D eigenvalue weighted by molar-refractivity contribution is 7.91. The summed E-state index contributed by atoms with van der Waals surface area (Å²) in [6.07, 6.45) is 0.864. The molecule has 8 heteroatoms. The van der Waals surface area contributed by atoms with Crippen molar-refractivity contribution < 1.29 is 13.2 Å². The second kappa shape index (κ2) is 4.93. The normalized spacial score (nSPS) is 21.2. The zero-order valence-corrected chi connectivity index (χ0v) is 11.2. The van der Waals surface area contributed by atoms with Crippen LogP contribution >= 0.6 is 22.9 Å². The molecule has 0 spiro atoms. The molecule has 1 atom stereocenters. The molecule has 2 rings (SSSR count). The molecule has 0 aliphatic carbocycles. The van der Waals surface area contributed by atoms with Gasteiger partial charge >= 0.3 is 0 Å². The topological polar surface area (TPSA) is 75.3 Å². The van der Waals surface area contributed by atoms with E-state index in [9.17, 15) is 13.2 Å². The predicted octanol–water partition coefficient (Wildman–Crippen LogP) is 0.958. The zero-order chi connectivity index (χ0) is 12.5. The SMILES string of the molecule is O=C1CCC(NS(=O)(=O)c2ccc(Cl)s2)CN1. The molecule has 1 aromatic rings. The van der Waals surface area contributed by atoms with E-state index < -0.39 is 10.0 Å². The largest absolute Gasteiger partial charge is 0.355 e. The van der Waals surface area contributed by atoms with Crippen molar-refractivity contribution in [3.8, 4) is 0 Å². The van der Waals surface area contributed by atoms with Crippen LogP contribution in [-0.4, -0.2) is 26.9 Å². The van der Waals surface area contributed by atoms with Crippen LogP contribution in [0.15, 0.2) is 16.3 Å². The Morgan fingerprint density at radius 3 is 2.76 bits per heavy atom. The van der Waals surface area contributed by atoms with Gasteiger partial charge in [0.25, 0.3) is 0 Å². The van der Waals surface area contributed by atoms with Gasteiger partial charge in [0.1, 0.15) is 4.21 Å². The maximum Gasteiger partial charge on any atom is 0.250 e. The van der Waals surface area contributed by atoms with E-state index >= 15 is 0 Å². The smallest absolute Gasteiger partial charge is 0.250 e. The number of piperidine rings is 1. The molecular formula is C9H11ClN2O3S2. The zero-order valence-electron chi connectivity index (χ0n) is 8.77. The predicted molar refractivity (Wildman–Crippen MR) is 65.7 cm³/mol. The van der Waals surface area contributed by atoms with Gasteiger partial charge in [0.15, 0.2) is 0 Å². The van der Waals surface area contributed by atoms with E-state index in [1.165, 1.54) is 6.07 Å².